The van der Waals surface area contributed by atoms with Crippen LogP contribution in [0.2, 0.25) is 0 Å². The Morgan fingerprint density at radius 3 is 1.95 bits per heavy atom. The number of anilines is 1. The van der Waals surface area contributed by atoms with Gasteiger partial charge in [0.05, 0.1) is 11.1 Å². The molecule has 0 fully saturated rings. The molecule has 0 aliphatic heterocycles. The van der Waals surface area contributed by atoms with Crippen LogP contribution < -0.4 is 5.73 Å². The summed E-state index contributed by atoms with van der Waals surface area (Å²) in [4.78, 5) is -1.69. The van der Waals surface area contributed by atoms with E-state index in [1.807, 2.05) is 0 Å². The fourth-order valence-electron chi connectivity index (χ4n) is 1.89. The van der Waals surface area contributed by atoms with Crippen molar-refractivity contribution in [2.45, 2.75) is 9.79 Å². The Balaban J connectivity index is 3.25. The predicted molar refractivity (Wildman–Crippen MR) is 82.4 cm³/mol. The normalized spacial score (nSPS) is 12.7. The molecular formula is C10H8INO7S2. The van der Waals surface area contributed by atoms with Crippen LogP contribution in [0, 0.1) is 3.57 Å². The lowest BCUT2D eigenvalue weighted by molar-refractivity contribution is 0.480. The van der Waals surface area contributed by atoms with E-state index in [1.54, 1.807) is 22.6 Å². The van der Waals surface area contributed by atoms with Crippen molar-refractivity contribution in [3.63, 3.8) is 0 Å². The monoisotopic (exact) mass is 445 g/mol. The standard InChI is InChI=1S/C10H8INO7S2/c11-4-1-2-5(13)9-8(4)6(20(14,15)16)3-7(10(9)12)21(17,18)19/h1-3,13H,12H2,(H,14,15,16)(H,17,18,19). The Kier molecular flexibility index (Phi) is 3.82. The number of benzene rings is 2. The Hall–Kier alpha value is -1.15. The third-order valence-corrected chi connectivity index (χ3v) is 5.40. The van der Waals surface area contributed by atoms with Gasteiger partial charge in [-0.15, -0.1) is 0 Å². The number of phenols is 1. The molecule has 0 radical (unpaired) electrons. The largest absolute Gasteiger partial charge is 0.507 e. The molecule has 0 aliphatic carbocycles. The van der Waals surface area contributed by atoms with Crippen molar-refractivity contribution in [3.8, 4) is 5.75 Å². The van der Waals surface area contributed by atoms with Crippen molar-refractivity contribution in [2.24, 2.45) is 0 Å². The molecule has 0 spiro atoms. The molecular weight excluding hydrogens is 437 g/mol. The summed E-state index contributed by atoms with van der Waals surface area (Å²) in [6, 6.07) is 3.09. The zero-order chi connectivity index (χ0) is 16.2. The van der Waals surface area contributed by atoms with Crippen molar-refractivity contribution in [1.29, 1.82) is 0 Å². The summed E-state index contributed by atoms with van der Waals surface area (Å²) in [6.07, 6.45) is 0. The van der Waals surface area contributed by atoms with Gasteiger partial charge in [0.1, 0.15) is 15.5 Å². The van der Waals surface area contributed by atoms with Crippen LogP contribution in [0.4, 0.5) is 5.69 Å². The lowest BCUT2D eigenvalue weighted by atomic mass is 10.1. The number of rotatable bonds is 2. The van der Waals surface area contributed by atoms with E-state index in [9.17, 15) is 26.5 Å². The number of halogens is 1. The first-order valence-electron chi connectivity index (χ1n) is 5.13. The Labute approximate surface area is 133 Å². The van der Waals surface area contributed by atoms with Gasteiger partial charge in [0, 0.05) is 8.96 Å². The van der Waals surface area contributed by atoms with Crippen LogP contribution in [-0.4, -0.2) is 31.0 Å². The zero-order valence-corrected chi connectivity index (χ0v) is 13.8. The van der Waals surface area contributed by atoms with Gasteiger partial charge < -0.3 is 10.8 Å². The number of fused-ring (bicyclic) bond motifs is 1. The molecule has 0 aromatic heterocycles. The number of phenolic OH excluding ortho intramolecular Hbond substituents is 1. The molecule has 0 aliphatic rings. The number of hydrogen-bond donors (Lipinski definition) is 4. The maximum Gasteiger partial charge on any atom is 0.296 e. The molecule has 8 nitrogen and oxygen atoms in total. The van der Waals surface area contributed by atoms with Gasteiger partial charge in [-0.1, -0.05) is 0 Å². The average molecular weight is 445 g/mol. The molecule has 114 valence electrons. The van der Waals surface area contributed by atoms with E-state index >= 15 is 0 Å². The highest BCUT2D eigenvalue weighted by Gasteiger charge is 2.26. The SMILES string of the molecule is Nc1c(S(=O)(=O)O)cc(S(=O)(=O)O)c2c(I)ccc(O)c12. The summed E-state index contributed by atoms with van der Waals surface area (Å²) < 4.78 is 64.2. The van der Waals surface area contributed by atoms with E-state index < -0.39 is 41.5 Å². The Morgan fingerprint density at radius 2 is 1.48 bits per heavy atom. The molecule has 21 heavy (non-hydrogen) atoms. The highest BCUT2D eigenvalue weighted by molar-refractivity contribution is 14.1. The lowest BCUT2D eigenvalue weighted by Gasteiger charge is -2.13. The number of hydrogen-bond acceptors (Lipinski definition) is 6. The second-order valence-corrected chi connectivity index (χ2v) is 8.00. The topological polar surface area (TPSA) is 155 Å². The molecule has 0 bridgehead atoms. The quantitative estimate of drug-likeness (QED) is 0.306. The van der Waals surface area contributed by atoms with Crippen molar-refractivity contribution < 1.29 is 31.0 Å². The van der Waals surface area contributed by atoms with E-state index in [-0.39, 0.29) is 10.8 Å². The molecule has 0 saturated carbocycles. The van der Waals surface area contributed by atoms with Crippen LogP contribution in [-0.2, 0) is 20.2 Å². The van der Waals surface area contributed by atoms with E-state index in [1.165, 1.54) is 12.1 Å². The molecule has 0 saturated heterocycles. The average Bonchev–Trinajstić information content (AvgIpc) is 2.30. The van der Waals surface area contributed by atoms with E-state index in [0.29, 0.717) is 9.64 Å². The molecule has 0 amide bonds. The minimum Gasteiger partial charge on any atom is -0.507 e. The zero-order valence-electron chi connectivity index (χ0n) is 9.98. The summed E-state index contributed by atoms with van der Waals surface area (Å²) in [5, 5.41) is 9.40. The summed E-state index contributed by atoms with van der Waals surface area (Å²) >= 11 is 1.74. The lowest BCUT2D eigenvalue weighted by Crippen LogP contribution is -2.09. The van der Waals surface area contributed by atoms with Crippen molar-refractivity contribution in [1.82, 2.24) is 0 Å². The summed E-state index contributed by atoms with van der Waals surface area (Å²) in [7, 11) is -9.67. The fraction of sp³-hybridized carbons (Fsp3) is 0. The number of aromatic hydroxyl groups is 1. The summed E-state index contributed by atoms with van der Waals surface area (Å²) in [5.74, 6) is -0.488. The van der Waals surface area contributed by atoms with Gasteiger partial charge in [-0.25, -0.2) is 0 Å². The van der Waals surface area contributed by atoms with Crippen LogP contribution in [0.15, 0.2) is 28.0 Å². The van der Waals surface area contributed by atoms with E-state index in [2.05, 4.69) is 0 Å². The predicted octanol–water partition coefficient (Wildman–Crippen LogP) is 1.23. The first-order valence-corrected chi connectivity index (χ1v) is 9.09. The molecule has 0 heterocycles. The number of nitrogens with two attached hydrogens (primary N) is 1. The Morgan fingerprint density at radius 1 is 0.952 bits per heavy atom. The van der Waals surface area contributed by atoms with Crippen molar-refractivity contribution >= 4 is 59.3 Å². The van der Waals surface area contributed by atoms with Crippen LogP contribution in [0.25, 0.3) is 10.8 Å². The molecule has 0 unspecified atom stereocenters. The second kappa shape index (κ2) is 4.95. The van der Waals surface area contributed by atoms with Crippen molar-refractivity contribution in [2.75, 3.05) is 5.73 Å². The Bertz CT molecular complexity index is 967. The second-order valence-electron chi connectivity index (χ2n) is 4.05. The third kappa shape index (κ3) is 2.78. The first-order chi connectivity index (χ1) is 9.44. The summed E-state index contributed by atoms with van der Waals surface area (Å²) in [6.45, 7) is 0. The molecule has 2 aromatic carbocycles. The minimum absolute atomic E-state index is 0.136. The minimum atomic E-state index is -4.85. The first kappa shape index (κ1) is 16.2. The molecule has 11 heteroatoms. The fourth-order valence-corrected chi connectivity index (χ4v) is 4.27. The van der Waals surface area contributed by atoms with Gasteiger partial charge in [-0.2, -0.15) is 16.8 Å². The molecule has 5 N–H and O–H groups in total. The van der Waals surface area contributed by atoms with Crippen LogP contribution in [0.1, 0.15) is 0 Å². The smallest absolute Gasteiger partial charge is 0.296 e. The van der Waals surface area contributed by atoms with Crippen LogP contribution >= 0.6 is 22.6 Å². The van der Waals surface area contributed by atoms with Gasteiger partial charge in [-0.05, 0) is 40.8 Å². The van der Waals surface area contributed by atoms with Gasteiger partial charge in [0.15, 0.2) is 0 Å². The maximum absolute atomic E-state index is 11.5. The highest BCUT2D eigenvalue weighted by Crippen LogP contribution is 2.40. The van der Waals surface area contributed by atoms with Gasteiger partial charge in [-0.3, -0.25) is 9.11 Å². The van der Waals surface area contributed by atoms with Crippen molar-refractivity contribution in [3.05, 3.63) is 21.8 Å². The number of nitrogen functional groups attached to an aromatic ring is 1. The van der Waals surface area contributed by atoms with Gasteiger partial charge in [0.25, 0.3) is 20.2 Å². The van der Waals surface area contributed by atoms with Gasteiger partial charge >= 0.3 is 0 Å². The molecule has 2 rings (SSSR count). The molecule has 0 atom stereocenters. The summed E-state index contributed by atoms with van der Waals surface area (Å²) in [5.41, 5.74) is 5.09. The molecule has 2 aromatic rings. The van der Waals surface area contributed by atoms with Crippen LogP contribution in [0.5, 0.6) is 5.75 Å². The van der Waals surface area contributed by atoms with E-state index in [0.717, 1.165) is 0 Å². The highest BCUT2D eigenvalue weighted by atomic mass is 127. The maximum atomic E-state index is 11.5. The van der Waals surface area contributed by atoms with E-state index in [4.69, 9.17) is 10.3 Å². The van der Waals surface area contributed by atoms with Crippen LogP contribution in [0.3, 0.4) is 0 Å². The van der Waals surface area contributed by atoms with Gasteiger partial charge in [0.2, 0.25) is 0 Å². The third-order valence-electron chi connectivity index (χ3n) is 2.73.